The predicted molar refractivity (Wildman–Crippen MR) is 65.7 cm³/mol. The van der Waals surface area contributed by atoms with Crippen molar-refractivity contribution in [3.63, 3.8) is 0 Å². The molecule has 1 amide bonds. The molecular weight excluding hydrogens is 226 g/mol. The van der Waals surface area contributed by atoms with E-state index in [4.69, 9.17) is 9.84 Å². The lowest BCUT2D eigenvalue weighted by atomic mass is 10.2. The second kappa shape index (κ2) is 5.27. The molecule has 1 unspecified atom stereocenters. The molecule has 1 rings (SSSR count). The molecule has 1 N–H and O–H groups in total. The number of rotatable bonds is 3. The largest absolute Gasteiger partial charge is 0.444 e. The van der Waals surface area contributed by atoms with Crippen LogP contribution in [-0.4, -0.2) is 51.9 Å². The van der Waals surface area contributed by atoms with Gasteiger partial charge in [-0.1, -0.05) is 0 Å². The molecule has 1 heterocycles. The number of hydrogen-bond acceptors (Lipinski definition) is 4. The highest BCUT2D eigenvalue weighted by molar-refractivity contribution is 8.00. The lowest BCUT2D eigenvalue weighted by Gasteiger charge is -2.40. The minimum Gasteiger partial charge on any atom is -0.444 e. The van der Waals surface area contributed by atoms with Crippen LogP contribution in [0.15, 0.2) is 0 Å². The molecule has 1 fully saturated rings. The summed E-state index contributed by atoms with van der Waals surface area (Å²) >= 11 is 1.81. The van der Waals surface area contributed by atoms with E-state index in [1.165, 1.54) is 0 Å². The Morgan fingerprint density at radius 3 is 2.44 bits per heavy atom. The van der Waals surface area contributed by atoms with Crippen molar-refractivity contribution in [2.75, 3.05) is 18.1 Å². The summed E-state index contributed by atoms with van der Waals surface area (Å²) in [5, 5.41) is 9.16. The van der Waals surface area contributed by atoms with E-state index in [0.717, 1.165) is 11.5 Å². The molecule has 1 atom stereocenters. The fourth-order valence-corrected chi connectivity index (χ4v) is 2.24. The number of nitrogens with zero attached hydrogens (tertiary/aromatic N) is 1. The summed E-state index contributed by atoms with van der Waals surface area (Å²) in [5.74, 6) is 1.87. The molecule has 0 aromatic heterocycles. The summed E-state index contributed by atoms with van der Waals surface area (Å²) in [7, 11) is 0. The van der Waals surface area contributed by atoms with Crippen LogP contribution in [0.4, 0.5) is 4.79 Å². The highest BCUT2D eigenvalue weighted by atomic mass is 32.2. The predicted octanol–water partition coefficient (Wildman–Crippen LogP) is 1.72. The van der Waals surface area contributed by atoms with Gasteiger partial charge >= 0.3 is 6.09 Å². The standard InChI is InChI=1S/C11H21NO3S/c1-8(5-13)12(9-6-16-7-9)10(14)15-11(2,3)4/h8-9,13H,5-7H2,1-4H3. The van der Waals surface area contributed by atoms with Crippen molar-refractivity contribution in [1.82, 2.24) is 4.90 Å². The Kier molecular flexibility index (Phi) is 4.50. The maximum atomic E-state index is 12.0. The maximum absolute atomic E-state index is 12.0. The van der Waals surface area contributed by atoms with Gasteiger partial charge in [0.15, 0.2) is 0 Å². The summed E-state index contributed by atoms with van der Waals surface area (Å²) < 4.78 is 5.35. The van der Waals surface area contributed by atoms with Gasteiger partial charge in [0, 0.05) is 11.5 Å². The fraction of sp³-hybridized carbons (Fsp3) is 0.909. The van der Waals surface area contributed by atoms with Crippen LogP contribution >= 0.6 is 11.8 Å². The second-order valence-electron chi connectivity index (χ2n) is 5.11. The van der Waals surface area contributed by atoms with Crippen molar-refractivity contribution >= 4 is 17.9 Å². The third-order valence-electron chi connectivity index (χ3n) is 2.36. The number of ether oxygens (including phenoxy) is 1. The number of thioether (sulfide) groups is 1. The highest BCUT2D eigenvalue weighted by Crippen LogP contribution is 2.26. The molecule has 0 aromatic carbocycles. The van der Waals surface area contributed by atoms with Gasteiger partial charge in [0.25, 0.3) is 0 Å². The van der Waals surface area contributed by atoms with Gasteiger partial charge in [-0.2, -0.15) is 11.8 Å². The molecule has 0 spiro atoms. The Labute approximate surface area is 101 Å². The Bertz CT molecular complexity index is 243. The molecule has 0 aromatic rings. The van der Waals surface area contributed by atoms with Gasteiger partial charge in [0.2, 0.25) is 0 Å². The number of aliphatic hydroxyl groups excluding tert-OH is 1. The Morgan fingerprint density at radius 1 is 1.56 bits per heavy atom. The molecule has 0 aliphatic carbocycles. The van der Waals surface area contributed by atoms with Gasteiger partial charge in [-0.15, -0.1) is 0 Å². The zero-order chi connectivity index (χ0) is 12.3. The topological polar surface area (TPSA) is 49.8 Å². The SMILES string of the molecule is CC(CO)N(C(=O)OC(C)(C)C)C1CSC1. The molecule has 0 radical (unpaired) electrons. The van der Waals surface area contributed by atoms with E-state index in [-0.39, 0.29) is 24.8 Å². The van der Waals surface area contributed by atoms with E-state index < -0.39 is 5.60 Å². The second-order valence-corrected chi connectivity index (χ2v) is 6.19. The lowest BCUT2D eigenvalue weighted by molar-refractivity contribution is 0.00353. The van der Waals surface area contributed by atoms with Crippen molar-refractivity contribution in [2.24, 2.45) is 0 Å². The Hall–Kier alpha value is -0.420. The first-order chi connectivity index (χ1) is 7.35. The van der Waals surface area contributed by atoms with Gasteiger partial charge in [0.05, 0.1) is 18.7 Å². The zero-order valence-electron chi connectivity index (χ0n) is 10.4. The van der Waals surface area contributed by atoms with Crippen LogP contribution in [-0.2, 0) is 4.74 Å². The number of aliphatic hydroxyl groups is 1. The average molecular weight is 247 g/mol. The van der Waals surface area contributed by atoms with E-state index in [2.05, 4.69) is 0 Å². The van der Waals surface area contributed by atoms with Gasteiger partial charge in [0.1, 0.15) is 5.60 Å². The molecule has 1 saturated heterocycles. The van der Waals surface area contributed by atoms with Crippen LogP contribution in [0, 0.1) is 0 Å². The molecule has 4 nitrogen and oxygen atoms in total. The zero-order valence-corrected chi connectivity index (χ0v) is 11.2. The molecular formula is C11H21NO3S. The summed E-state index contributed by atoms with van der Waals surface area (Å²) in [6.07, 6.45) is -0.320. The molecule has 0 bridgehead atoms. The third kappa shape index (κ3) is 3.56. The smallest absolute Gasteiger partial charge is 0.410 e. The summed E-state index contributed by atoms with van der Waals surface area (Å²) in [6, 6.07) is 0.0303. The third-order valence-corrected chi connectivity index (χ3v) is 3.60. The Morgan fingerprint density at radius 2 is 2.12 bits per heavy atom. The molecule has 5 heteroatoms. The monoisotopic (exact) mass is 247 g/mol. The number of carbonyl (C=O) groups is 1. The van der Waals surface area contributed by atoms with E-state index in [9.17, 15) is 4.79 Å². The maximum Gasteiger partial charge on any atom is 0.410 e. The Balaban J connectivity index is 2.64. The fourth-order valence-electron chi connectivity index (χ4n) is 1.48. The lowest BCUT2D eigenvalue weighted by Crippen LogP contribution is -2.54. The van der Waals surface area contributed by atoms with Gasteiger partial charge in [-0.25, -0.2) is 4.79 Å². The highest BCUT2D eigenvalue weighted by Gasteiger charge is 2.35. The van der Waals surface area contributed by atoms with E-state index in [0.29, 0.717) is 0 Å². The molecule has 1 aliphatic heterocycles. The molecule has 1 aliphatic rings. The minimum absolute atomic E-state index is 0.0274. The first-order valence-corrected chi connectivity index (χ1v) is 6.70. The number of amides is 1. The molecule has 0 saturated carbocycles. The summed E-state index contributed by atoms with van der Waals surface area (Å²) in [4.78, 5) is 13.6. The van der Waals surface area contributed by atoms with Gasteiger partial charge in [-0.3, -0.25) is 4.90 Å². The van der Waals surface area contributed by atoms with Crippen molar-refractivity contribution in [3.8, 4) is 0 Å². The van der Waals surface area contributed by atoms with Gasteiger partial charge in [-0.05, 0) is 27.7 Å². The van der Waals surface area contributed by atoms with E-state index in [1.54, 1.807) is 16.7 Å². The van der Waals surface area contributed by atoms with Crippen LogP contribution in [0.5, 0.6) is 0 Å². The van der Waals surface area contributed by atoms with Crippen LogP contribution in [0.3, 0.4) is 0 Å². The van der Waals surface area contributed by atoms with Crippen molar-refractivity contribution in [2.45, 2.75) is 45.4 Å². The van der Waals surface area contributed by atoms with Crippen LogP contribution in [0.25, 0.3) is 0 Å². The number of hydrogen-bond donors (Lipinski definition) is 1. The summed E-state index contributed by atoms with van der Waals surface area (Å²) in [5.41, 5.74) is -0.485. The number of carbonyl (C=O) groups excluding carboxylic acids is 1. The molecule has 16 heavy (non-hydrogen) atoms. The summed E-state index contributed by atoms with van der Waals surface area (Å²) in [6.45, 7) is 7.36. The molecule has 94 valence electrons. The first kappa shape index (κ1) is 13.6. The normalized spacial score (nSPS) is 18.8. The quantitative estimate of drug-likeness (QED) is 0.825. The van der Waals surface area contributed by atoms with E-state index >= 15 is 0 Å². The van der Waals surface area contributed by atoms with Crippen LogP contribution < -0.4 is 0 Å². The van der Waals surface area contributed by atoms with Crippen molar-refractivity contribution < 1.29 is 14.6 Å². The average Bonchev–Trinajstić information content (AvgIpc) is 2.06. The van der Waals surface area contributed by atoms with Crippen molar-refractivity contribution in [3.05, 3.63) is 0 Å². The first-order valence-electron chi connectivity index (χ1n) is 5.55. The van der Waals surface area contributed by atoms with Gasteiger partial charge < -0.3 is 9.84 Å². The minimum atomic E-state index is -0.485. The van der Waals surface area contributed by atoms with Crippen LogP contribution in [0.1, 0.15) is 27.7 Å². The van der Waals surface area contributed by atoms with E-state index in [1.807, 2.05) is 27.7 Å². The van der Waals surface area contributed by atoms with Crippen molar-refractivity contribution in [1.29, 1.82) is 0 Å². The van der Waals surface area contributed by atoms with Crippen LogP contribution in [0.2, 0.25) is 0 Å².